The van der Waals surface area contributed by atoms with E-state index in [1.807, 2.05) is 48.5 Å². The number of benzene rings is 2. The first-order chi connectivity index (χ1) is 14.5. The number of amides is 1. The molecule has 3 rings (SSSR count). The van der Waals surface area contributed by atoms with E-state index in [-0.39, 0.29) is 5.91 Å². The van der Waals surface area contributed by atoms with Crippen molar-refractivity contribution >= 4 is 11.9 Å². The fourth-order valence-corrected chi connectivity index (χ4v) is 2.83. The van der Waals surface area contributed by atoms with E-state index in [1.165, 1.54) is 5.56 Å². The molecule has 1 aromatic heterocycles. The Morgan fingerprint density at radius 3 is 2.33 bits per heavy atom. The van der Waals surface area contributed by atoms with Gasteiger partial charge in [0.2, 0.25) is 5.89 Å². The van der Waals surface area contributed by atoms with Gasteiger partial charge < -0.3 is 20.0 Å². The molecule has 30 heavy (non-hydrogen) atoms. The highest BCUT2D eigenvalue weighted by Crippen LogP contribution is 2.20. The van der Waals surface area contributed by atoms with Crippen LogP contribution in [-0.2, 0) is 13.1 Å². The highest BCUT2D eigenvalue weighted by atomic mass is 16.4. The Labute approximate surface area is 176 Å². The second-order valence-electron chi connectivity index (χ2n) is 7.16. The Bertz CT molecular complexity index is 1000. The number of hydrogen-bond donors (Lipinski definition) is 2. The number of aromatic nitrogens is 1. The van der Waals surface area contributed by atoms with Crippen LogP contribution in [-0.4, -0.2) is 42.9 Å². The fraction of sp³-hybridized carbons (Fsp3) is 0.261. The van der Waals surface area contributed by atoms with Gasteiger partial charge in [-0.3, -0.25) is 9.79 Å². The maximum absolute atomic E-state index is 12.0. The molecule has 1 amide bonds. The average Bonchev–Trinajstić information content (AvgIpc) is 3.23. The minimum atomic E-state index is -0.0112. The number of aliphatic imine (C=N–C) groups is 1. The third kappa shape index (κ3) is 5.47. The lowest BCUT2D eigenvalue weighted by atomic mass is 10.1. The Morgan fingerprint density at radius 1 is 1.03 bits per heavy atom. The van der Waals surface area contributed by atoms with Gasteiger partial charge in [0.25, 0.3) is 5.91 Å². The maximum Gasteiger partial charge on any atom is 0.253 e. The highest BCUT2D eigenvalue weighted by Gasteiger charge is 2.09. The van der Waals surface area contributed by atoms with Crippen LogP contribution in [0.1, 0.15) is 27.4 Å². The van der Waals surface area contributed by atoms with Gasteiger partial charge >= 0.3 is 0 Å². The molecule has 156 valence electrons. The van der Waals surface area contributed by atoms with Crippen molar-refractivity contribution in [2.45, 2.75) is 20.0 Å². The Hall–Kier alpha value is -3.61. The first-order valence-electron chi connectivity index (χ1n) is 9.73. The molecule has 2 N–H and O–H groups in total. The normalized spacial score (nSPS) is 11.3. The molecule has 0 aliphatic heterocycles. The quantitative estimate of drug-likeness (QED) is 0.486. The molecule has 0 fully saturated rings. The first-order valence-corrected chi connectivity index (χ1v) is 9.73. The van der Waals surface area contributed by atoms with Gasteiger partial charge in [-0.1, -0.05) is 42.0 Å². The number of nitrogens with one attached hydrogen (secondary N) is 2. The van der Waals surface area contributed by atoms with Gasteiger partial charge in [-0.05, 0) is 24.6 Å². The number of guanidine groups is 1. The predicted molar refractivity (Wildman–Crippen MR) is 118 cm³/mol. The highest BCUT2D eigenvalue weighted by molar-refractivity contribution is 5.93. The van der Waals surface area contributed by atoms with Gasteiger partial charge in [0.05, 0.1) is 12.7 Å². The molecule has 0 aliphatic carbocycles. The van der Waals surface area contributed by atoms with Crippen LogP contribution in [0.4, 0.5) is 0 Å². The predicted octanol–water partition coefficient (Wildman–Crippen LogP) is 3.22. The first kappa shape index (κ1) is 21.1. The van der Waals surface area contributed by atoms with E-state index in [1.54, 1.807) is 32.2 Å². The van der Waals surface area contributed by atoms with E-state index in [4.69, 9.17) is 4.42 Å². The van der Waals surface area contributed by atoms with Gasteiger partial charge in [-0.15, -0.1) is 0 Å². The van der Waals surface area contributed by atoms with Crippen molar-refractivity contribution in [2.75, 3.05) is 21.1 Å². The molecule has 2 aromatic carbocycles. The lowest BCUT2D eigenvalue weighted by Gasteiger charge is -2.12. The Morgan fingerprint density at radius 2 is 1.70 bits per heavy atom. The molecule has 7 heteroatoms. The third-order valence-corrected chi connectivity index (χ3v) is 4.59. The van der Waals surface area contributed by atoms with Crippen LogP contribution in [0.5, 0.6) is 0 Å². The van der Waals surface area contributed by atoms with Crippen LogP contribution in [0, 0.1) is 6.92 Å². The second kappa shape index (κ2) is 9.73. The number of oxazole rings is 1. The molecule has 0 aliphatic rings. The van der Waals surface area contributed by atoms with Gasteiger partial charge in [-0.2, -0.15) is 0 Å². The van der Waals surface area contributed by atoms with E-state index in [9.17, 15) is 4.79 Å². The zero-order chi connectivity index (χ0) is 21.5. The minimum absolute atomic E-state index is 0.0112. The number of nitrogens with zero attached hydrogens (tertiary/aromatic N) is 3. The van der Waals surface area contributed by atoms with Crippen LogP contribution in [0.3, 0.4) is 0 Å². The summed E-state index contributed by atoms with van der Waals surface area (Å²) in [5, 5.41) is 6.44. The summed E-state index contributed by atoms with van der Waals surface area (Å²) in [4.78, 5) is 22.1. The van der Waals surface area contributed by atoms with Crippen LogP contribution in [0.15, 0.2) is 64.1 Å². The number of hydrogen-bond acceptors (Lipinski definition) is 4. The van der Waals surface area contributed by atoms with Crippen molar-refractivity contribution in [3.63, 3.8) is 0 Å². The number of carbonyl (C=O) groups is 1. The molecular weight excluding hydrogens is 378 g/mol. The van der Waals surface area contributed by atoms with Crippen molar-refractivity contribution in [3.8, 4) is 11.3 Å². The van der Waals surface area contributed by atoms with Crippen LogP contribution in [0.25, 0.3) is 11.3 Å². The molecule has 0 spiro atoms. The maximum atomic E-state index is 12.0. The molecular formula is C23H27N5O2. The molecule has 7 nitrogen and oxygen atoms in total. The summed E-state index contributed by atoms with van der Waals surface area (Å²) >= 11 is 0. The van der Waals surface area contributed by atoms with Crippen molar-refractivity contribution in [1.29, 1.82) is 0 Å². The summed E-state index contributed by atoms with van der Waals surface area (Å²) in [6.45, 7) is 3.05. The van der Waals surface area contributed by atoms with Gasteiger partial charge in [-0.25, -0.2) is 4.98 Å². The summed E-state index contributed by atoms with van der Waals surface area (Å²) < 4.78 is 5.83. The Kier molecular flexibility index (Phi) is 6.85. The smallest absolute Gasteiger partial charge is 0.253 e. The minimum Gasteiger partial charge on any atom is -0.439 e. The van der Waals surface area contributed by atoms with E-state index in [0.717, 1.165) is 16.9 Å². The van der Waals surface area contributed by atoms with Crippen molar-refractivity contribution < 1.29 is 9.21 Å². The summed E-state index contributed by atoms with van der Waals surface area (Å²) in [7, 11) is 5.19. The molecule has 0 unspecified atom stereocenters. The van der Waals surface area contributed by atoms with Gasteiger partial charge in [0.1, 0.15) is 0 Å². The molecule has 0 saturated carbocycles. The van der Waals surface area contributed by atoms with E-state index in [2.05, 4.69) is 27.5 Å². The fourth-order valence-electron chi connectivity index (χ4n) is 2.83. The third-order valence-electron chi connectivity index (χ3n) is 4.59. The summed E-state index contributed by atoms with van der Waals surface area (Å²) in [6.07, 6.45) is 1.73. The van der Waals surface area contributed by atoms with E-state index >= 15 is 0 Å². The zero-order valence-corrected chi connectivity index (χ0v) is 17.8. The van der Waals surface area contributed by atoms with Crippen LogP contribution in [0.2, 0.25) is 0 Å². The zero-order valence-electron chi connectivity index (χ0n) is 17.8. The molecule has 1 heterocycles. The monoisotopic (exact) mass is 405 g/mol. The molecule has 0 bridgehead atoms. The number of aryl methyl sites for hydroxylation is 1. The summed E-state index contributed by atoms with van der Waals surface area (Å²) in [5.74, 6) is 1.95. The van der Waals surface area contributed by atoms with Gasteiger partial charge in [0, 0.05) is 38.8 Å². The molecule has 0 saturated heterocycles. The number of rotatable bonds is 6. The lowest BCUT2D eigenvalue weighted by Crippen LogP contribution is -2.36. The molecule has 0 radical (unpaired) electrons. The van der Waals surface area contributed by atoms with Gasteiger partial charge in [0.15, 0.2) is 11.7 Å². The number of carbonyl (C=O) groups excluding carboxylic acids is 1. The summed E-state index contributed by atoms with van der Waals surface area (Å²) in [5.41, 5.74) is 3.91. The topological polar surface area (TPSA) is 82.8 Å². The lowest BCUT2D eigenvalue weighted by molar-refractivity contribution is 0.0827. The standard InChI is InChI=1S/C23H27N5O2/c1-16-5-9-18(10-6-16)20-14-25-21(30-20)15-27-23(24-2)26-13-17-7-11-19(12-8-17)22(29)28(3)4/h5-12,14H,13,15H2,1-4H3,(H2,24,26,27). The second-order valence-corrected chi connectivity index (χ2v) is 7.16. The SMILES string of the molecule is CN=C(NCc1ccc(C(=O)N(C)C)cc1)NCc1ncc(-c2ccc(C)cc2)o1. The summed E-state index contributed by atoms with van der Waals surface area (Å²) in [6, 6.07) is 15.6. The average molecular weight is 406 g/mol. The van der Waals surface area contributed by atoms with Crippen molar-refractivity contribution in [2.24, 2.45) is 4.99 Å². The van der Waals surface area contributed by atoms with E-state index in [0.29, 0.717) is 30.5 Å². The molecule has 0 atom stereocenters. The van der Waals surface area contributed by atoms with Crippen LogP contribution >= 0.6 is 0 Å². The molecule has 3 aromatic rings. The van der Waals surface area contributed by atoms with Crippen molar-refractivity contribution in [1.82, 2.24) is 20.5 Å². The van der Waals surface area contributed by atoms with Crippen molar-refractivity contribution in [3.05, 3.63) is 77.3 Å². The largest absolute Gasteiger partial charge is 0.439 e. The van der Waals surface area contributed by atoms with E-state index < -0.39 is 0 Å². The van der Waals surface area contributed by atoms with Crippen LogP contribution < -0.4 is 10.6 Å². The Balaban J connectivity index is 1.52.